The molecule has 7 aromatic carbocycles. The normalized spacial score (nSPS) is 15.8. The van der Waals surface area contributed by atoms with Gasteiger partial charge in [-0.3, -0.25) is 0 Å². The third-order valence-corrected chi connectivity index (χ3v) is 16.2. The highest BCUT2D eigenvalue weighted by Gasteiger charge is 2.47. The molecule has 0 radical (unpaired) electrons. The molecule has 330 valence electrons. The van der Waals surface area contributed by atoms with E-state index in [2.05, 4.69) is 243 Å². The van der Waals surface area contributed by atoms with E-state index in [-0.39, 0.29) is 28.4 Å². The molecule has 0 unspecified atom stereocenters. The molecule has 0 saturated carbocycles. The molecule has 3 aliphatic rings. The first-order valence-electron chi connectivity index (χ1n) is 24.0. The van der Waals surface area contributed by atoms with Gasteiger partial charge in [0.1, 0.15) is 0 Å². The van der Waals surface area contributed by atoms with Gasteiger partial charge in [0.2, 0.25) is 0 Å². The van der Waals surface area contributed by atoms with Gasteiger partial charge in [0.15, 0.2) is 0 Å². The van der Waals surface area contributed by atoms with E-state index in [0.29, 0.717) is 0 Å². The molecule has 0 fully saturated rings. The zero-order valence-corrected chi connectivity index (χ0v) is 41.5. The minimum atomic E-state index is 0.0240. The van der Waals surface area contributed by atoms with E-state index in [1.54, 1.807) is 0 Å². The topological polar surface area (TPSA) is 9.72 Å². The second kappa shape index (κ2) is 15.0. The molecule has 0 bridgehead atoms. The van der Waals surface area contributed by atoms with E-state index in [1.807, 2.05) is 11.3 Å². The average Bonchev–Trinajstić information content (AvgIpc) is 3.67. The van der Waals surface area contributed by atoms with E-state index in [0.717, 1.165) is 29.2 Å². The van der Waals surface area contributed by atoms with Crippen molar-refractivity contribution in [2.75, 3.05) is 14.7 Å². The number of fused-ring (bicyclic) bond motifs is 7. The Labute approximate surface area is 397 Å². The van der Waals surface area contributed by atoms with Crippen LogP contribution in [0.1, 0.15) is 110 Å². The van der Waals surface area contributed by atoms with Crippen molar-refractivity contribution in [1.82, 2.24) is 0 Å². The fraction of sp³-hybridized carbons (Fsp3) is 0.279. The predicted octanol–water partition coefficient (Wildman–Crippen LogP) is 15.7. The number of thiophene rings is 1. The number of hydrogen-bond acceptors (Lipinski definition) is 4. The van der Waals surface area contributed by atoms with E-state index >= 15 is 0 Å². The lowest BCUT2D eigenvalue weighted by molar-refractivity contribution is 0.332. The predicted molar refractivity (Wildman–Crippen MR) is 288 cm³/mol. The van der Waals surface area contributed by atoms with Crippen LogP contribution in [0.5, 0.6) is 0 Å². The van der Waals surface area contributed by atoms with Crippen molar-refractivity contribution in [1.29, 1.82) is 0 Å². The Kier molecular flexibility index (Phi) is 9.67. The van der Waals surface area contributed by atoms with Crippen LogP contribution in [0, 0.1) is 6.92 Å². The molecule has 3 nitrogen and oxygen atoms in total. The molecular weight excluding hydrogens is 818 g/mol. The van der Waals surface area contributed by atoms with Gasteiger partial charge in [0, 0.05) is 54.7 Å². The van der Waals surface area contributed by atoms with E-state index in [4.69, 9.17) is 0 Å². The molecule has 0 N–H and O–H groups in total. The standard InChI is InChI=1S/C61H62BN3S/c1-39-22-31-51-50(34-39)62-55-52(64(51)44-26-23-40(24-27-44)58(2,3)4)37-46(63(42-18-14-12-15-19-42)43-20-16-13-17-21-43)38-53(55)65(45-28-30-48-49(36-45)61(10,11)33-32-60(48,8)9)56-47-29-25-41(59(5,6)7)35-54(47)66-57(56)62/h12-31,34-38H,32-33H2,1-11H3. The summed E-state index contributed by atoms with van der Waals surface area (Å²) < 4.78 is 2.75. The Morgan fingerprint density at radius 3 is 1.73 bits per heavy atom. The van der Waals surface area contributed by atoms with Crippen LogP contribution >= 0.6 is 11.3 Å². The molecule has 0 amide bonds. The molecule has 8 aromatic rings. The SMILES string of the molecule is Cc1ccc2c(c1)B1c3sc4cc(C(C)(C)C)ccc4c3N(c3ccc4c(c3)C(C)(C)CCC4(C)C)c3cc(N(c4ccccc4)c4ccccc4)cc(c31)N2c1ccc(C(C)(C)C)cc1. The number of para-hydroxylation sites is 2. The van der Waals surface area contributed by atoms with Crippen LogP contribution in [0.3, 0.4) is 0 Å². The van der Waals surface area contributed by atoms with Crippen LogP contribution in [0.15, 0.2) is 152 Å². The highest BCUT2D eigenvalue weighted by molar-refractivity contribution is 7.33. The molecule has 0 spiro atoms. The molecule has 5 heteroatoms. The molecule has 1 aliphatic carbocycles. The van der Waals surface area contributed by atoms with Gasteiger partial charge in [-0.25, -0.2) is 0 Å². The Morgan fingerprint density at radius 1 is 0.530 bits per heavy atom. The Morgan fingerprint density at radius 2 is 1.11 bits per heavy atom. The second-order valence-electron chi connectivity index (χ2n) is 22.6. The maximum atomic E-state index is 2.68. The summed E-state index contributed by atoms with van der Waals surface area (Å²) in [5.41, 5.74) is 20.6. The van der Waals surface area contributed by atoms with Crippen molar-refractivity contribution in [3.63, 3.8) is 0 Å². The summed E-state index contributed by atoms with van der Waals surface area (Å²) in [6.07, 6.45) is 2.34. The number of hydrogen-bond donors (Lipinski definition) is 0. The van der Waals surface area contributed by atoms with Crippen LogP contribution in [0.25, 0.3) is 10.1 Å². The van der Waals surface area contributed by atoms with Crippen molar-refractivity contribution in [2.45, 2.75) is 111 Å². The third kappa shape index (κ3) is 6.83. The Hall–Kier alpha value is -6.04. The van der Waals surface area contributed by atoms with Gasteiger partial charge in [-0.2, -0.15) is 0 Å². The maximum Gasteiger partial charge on any atom is 0.264 e. The minimum absolute atomic E-state index is 0.0240. The first-order valence-corrected chi connectivity index (χ1v) is 24.8. The number of aryl methyl sites for hydroxylation is 1. The summed E-state index contributed by atoms with van der Waals surface area (Å²) in [6, 6.07) is 58.1. The van der Waals surface area contributed by atoms with E-state index < -0.39 is 0 Å². The lowest BCUT2D eigenvalue weighted by atomic mass is 9.36. The summed E-state index contributed by atoms with van der Waals surface area (Å²) >= 11 is 2.00. The smallest absolute Gasteiger partial charge is 0.264 e. The Balaban J connectivity index is 1.28. The summed E-state index contributed by atoms with van der Waals surface area (Å²) in [5.74, 6) is 0. The van der Waals surface area contributed by atoms with E-state index in [1.165, 1.54) is 88.5 Å². The minimum Gasteiger partial charge on any atom is -0.311 e. The molecule has 2 aliphatic heterocycles. The van der Waals surface area contributed by atoms with Gasteiger partial charge < -0.3 is 14.7 Å². The first-order chi connectivity index (χ1) is 31.4. The van der Waals surface area contributed by atoms with Gasteiger partial charge in [-0.15, -0.1) is 11.3 Å². The third-order valence-electron chi connectivity index (χ3n) is 15.0. The van der Waals surface area contributed by atoms with Crippen molar-refractivity contribution in [3.05, 3.63) is 179 Å². The quantitative estimate of drug-likeness (QED) is 0.160. The van der Waals surface area contributed by atoms with Crippen molar-refractivity contribution in [3.8, 4) is 0 Å². The molecule has 3 heterocycles. The second-order valence-corrected chi connectivity index (χ2v) is 23.7. The Bertz CT molecular complexity index is 3150. The van der Waals surface area contributed by atoms with Crippen LogP contribution < -0.4 is 30.4 Å². The zero-order chi connectivity index (χ0) is 46.1. The van der Waals surface area contributed by atoms with Crippen LogP contribution in [-0.4, -0.2) is 6.71 Å². The molecular formula is C61H62BN3S. The summed E-state index contributed by atoms with van der Waals surface area (Å²) in [5, 5.41) is 1.32. The summed E-state index contributed by atoms with van der Waals surface area (Å²) in [6.45, 7) is 26.0. The maximum absolute atomic E-state index is 2.68. The van der Waals surface area contributed by atoms with Gasteiger partial charge in [-0.1, -0.05) is 154 Å². The monoisotopic (exact) mass is 879 g/mol. The fourth-order valence-corrected chi connectivity index (χ4v) is 12.5. The van der Waals surface area contributed by atoms with Gasteiger partial charge in [-0.05, 0) is 147 Å². The van der Waals surface area contributed by atoms with Gasteiger partial charge >= 0.3 is 0 Å². The van der Waals surface area contributed by atoms with Gasteiger partial charge in [0.25, 0.3) is 6.71 Å². The number of nitrogens with zero attached hydrogens (tertiary/aromatic N) is 3. The van der Waals surface area contributed by atoms with Crippen LogP contribution in [0.2, 0.25) is 0 Å². The van der Waals surface area contributed by atoms with Crippen molar-refractivity contribution >= 4 is 95.0 Å². The molecule has 1 aromatic heterocycles. The largest absolute Gasteiger partial charge is 0.311 e. The van der Waals surface area contributed by atoms with Crippen molar-refractivity contribution in [2.24, 2.45) is 0 Å². The highest BCUT2D eigenvalue weighted by Crippen LogP contribution is 2.53. The van der Waals surface area contributed by atoms with Crippen LogP contribution in [0.4, 0.5) is 51.2 Å². The zero-order valence-electron chi connectivity index (χ0n) is 40.7. The molecule has 0 saturated heterocycles. The molecule has 11 rings (SSSR count). The van der Waals surface area contributed by atoms with Gasteiger partial charge in [0.05, 0.1) is 11.4 Å². The molecule has 66 heavy (non-hydrogen) atoms. The summed E-state index contributed by atoms with van der Waals surface area (Å²) in [7, 11) is 0. The molecule has 0 atom stereocenters. The lowest BCUT2D eigenvalue weighted by Crippen LogP contribution is -2.60. The number of rotatable bonds is 5. The number of anilines is 9. The van der Waals surface area contributed by atoms with Crippen LogP contribution in [-0.2, 0) is 21.7 Å². The van der Waals surface area contributed by atoms with E-state index in [9.17, 15) is 0 Å². The first kappa shape index (κ1) is 42.6. The van der Waals surface area contributed by atoms with Crippen molar-refractivity contribution < 1.29 is 0 Å². The number of benzene rings is 7. The summed E-state index contributed by atoms with van der Waals surface area (Å²) in [4.78, 5) is 7.70. The highest BCUT2D eigenvalue weighted by atomic mass is 32.1. The average molecular weight is 880 g/mol. The fourth-order valence-electron chi connectivity index (χ4n) is 11.2. The lowest BCUT2D eigenvalue weighted by Gasteiger charge is -2.45.